The molecule has 1 nitrogen and oxygen atoms in total. The van der Waals surface area contributed by atoms with Crippen LogP contribution in [-0.4, -0.2) is 0 Å². The van der Waals surface area contributed by atoms with E-state index in [1.165, 1.54) is 0 Å². The molecule has 0 fully saturated rings. The number of para-hydroxylation sites is 2. The van der Waals surface area contributed by atoms with Gasteiger partial charge in [0.05, 0.1) is 8.22 Å². The molecule has 53 heavy (non-hydrogen) atoms. The van der Waals surface area contributed by atoms with Crippen LogP contribution in [-0.2, 0) is 0 Å². The summed E-state index contributed by atoms with van der Waals surface area (Å²) in [6, 6.07) is 50.7. The van der Waals surface area contributed by atoms with Gasteiger partial charge in [-0.1, -0.05) is 194 Å². The second-order valence-corrected chi connectivity index (χ2v) is 13.5. The van der Waals surface area contributed by atoms with Crippen molar-refractivity contribution < 1.29 is 12.6 Å². The fourth-order valence-corrected chi connectivity index (χ4v) is 8.33. The Kier molecular flexibility index (Phi) is 5.40. The standard InChI is InChI=1S/C52H32O/c1-2-16-34(17-3-1)49-40-22-8-10-24-42(40)50(43-25-11-9-23-41(43)49)44-32-31-39(37-20-6-7-21-38(37)44)46-28-14-30-48-47-29-13-27-45(51(47)53-52(46)48)36-26-12-18-33-15-4-5-19-35(33)36/h1-32H/i6D,7D,20D,21D,31D,32D. The van der Waals surface area contributed by atoms with Gasteiger partial charge in [-0.05, 0) is 76.5 Å². The molecular weight excluding hydrogens is 641 g/mol. The Morgan fingerprint density at radius 2 is 0.755 bits per heavy atom. The molecule has 0 saturated carbocycles. The average molecular weight is 679 g/mol. The summed E-state index contributed by atoms with van der Waals surface area (Å²) in [6.07, 6.45) is 0. The van der Waals surface area contributed by atoms with Gasteiger partial charge in [0, 0.05) is 21.9 Å². The molecular formula is C52H32O. The minimum atomic E-state index is -0.406. The molecule has 0 amide bonds. The lowest BCUT2D eigenvalue weighted by molar-refractivity contribution is 0.671. The molecule has 246 valence electrons. The van der Waals surface area contributed by atoms with Gasteiger partial charge in [-0.25, -0.2) is 0 Å². The minimum absolute atomic E-state index is 0.134. The summed E-state index contributed by atoms with van der Waals surface area (Å²) in [5.74, 6) is 0. The van der Waals surface area contributed by atoms with Crippen molar-refractivity contribution in [2.45, 2.75) is 0 Å². The zero-order chi connectivity index (χ0) is 40.1. The molecule has 11 aromatic rings. The van der Waals surface area contributed by atoms with Gasteiger partial charge in [-0.15, -0.1) is 0 Å². The van der Waals surface area contributed by atoms with Crippen LogP contribution in [0.1, 0.15) is 8.22 Å². The van der Waals surface area contributed by atoms with Crippen LogP contribution in [0, 0.1) is 0 Å². The van der Waals surface area contributed by atoms with E-state index in [4.69, 9.17) is 7.16 Å². The Hall–Kier alpha value is -6.96. The topological polar surface area (TPSA) is 13.1 Å². The van der Waals surface area contributed by atoms with Crippen molar-refractivity contribution in [2.75, 3.05) is 0 Å². The highest BCUT2D eigenvalue weighted by Gasteiger charge is 2.21. The van der Waals surface area contributed by atoms with Gasteiger partial charge in [0.25, 0.3) is 0 Å². The van der Waals surface area contributed by atoms with Crippen molar-refractivity contribution in [1.29, 1.82) is 0 Å². The van der Waals surface area contributed by atoms with Crippen molar-refractivity contribution >= 4 is 65.0 Å². The first-order valence-electron chi connectivity index (χ1n) is 20.8. The van der Waals surface area contributed by atoms with Crippen LogP contribution in [0.2, 0.25) is 0 Å². The van der Waals surface area contributed by atoms with Crippen LogP contribution in [0.3, 0.4) is 0 Å². The molecule has 0 saturated heterocycles. The molecule has 0 spiro atoms. The molecule has 11 rings (SSSR count). The number of furan rings is 1. The maximum Gasteiger partial charge on any atom is 0.143 e. The van der Waals surface area contributed by atoms with Crippen LogP contribution in [0.5, 0.6) is 0 Å². The van der Waals surface area contributed by atoms with Crippen molar-refractivity contribution in [3.8, 4) is 44.5 Å². The van der Waals surface area contributed by atoms with Crippen LogP contribution >= 0.6 is 0 Å². The Balaban J connectivity index is 1.27. The monoisotopic (exact) mass is 678 g/mol. The normalized spacial score (nSPS) is 13.4. The Morgan fingerprint density at radius 1 is 0.302 bits per heavy atom. The van der Waals surface area contributed by atoms with E-state index in [-0.39, 0.29) is 40.5 Å². The van der Waals surface area contributed by atoms with Crippen LogP contribution in [0.25, 0.3) is 110 Å². The number of benzene rings is 10. The van der Waals surface area contributed by atoms with Gasteiger partial charge in [0.2, 0.25) is 0 Å². The zero-order valence-corrected chi connectivity index (χ0v) is 28.4. The third kappa shape index (κ3) is 4.51. The predicted molar refractivity (Wildman–Crippen MR) is 225 cm³/mol. The highest BCUT2D eigenvalue weighted by atomic mass is 16.3. The van der Waals surface area contributed by atoms with E-state index in [1.807, 2.05) is 109 Å². The second kappa shape index (κ2) is 11.8. The van der Waals surface area contributed by atoms with E-state index in [1.54, 1.807) is 0 Å². The molecule has 10 aromatic carbocycles. The van der Waals surface area contributed by atoms with Crippen LogP contribution < -0.4 is 0 Å². The lowest BCUT2D eigenvalue weighted by atomic mass is 9.84. The fraction of sp³-hybridized carbons (Fsp3) is 0. The summed E-state index contributed by atoms with van der Waals surface area (Å²) in [5, 5.41) is 7.76. The van der Waals surface area contributed by atoms with Crippen molar-refractivity contribution in [2.24, 2.45) is 0 Å². The van der Waals surface area contributed by atoms with Gasteiger partial charge in [0.1, 0.15) is 11.2 Å². The number of fused-ring (bicyclic) bond motifs is 7. The van der Waals surface area contributed by atoms with Gasteiger partial charge >= 0.3 is 0 Å². The summed E-state index contributed by atoms with van der Waals surface area (Å²) in [4.78, 5) is 0. The predicted octanol–water partition coefficient (Wildman–Crippen LogP) is 14.9. The van der Waals surface area contributed by atoms with Crippen molar-refractivity contribution in [3.05, 3.63) is 194 Å². The van der Waals surface area contributed by atoms with Crippen molar-refractivity contribution in [1.82, 2.24) is 0 Å². The Bertz CT molecular complexity index is 3510. The lowest BCUT2D eigenvalue weighted by Gasteiger charge is -2.19. The molecule has 1 heteroatoms. The molecule has 0 N–H and O–H groups in total. The Morgan fingerprint density at radius 3 is 1.42 bits per heavy atom. The third-order valence-corrected chi connectivity index (χ3v) is 10.6. The average Bonchev–Trinajstić information content (AvgIpc) is 3.67. The smallest absolute Gasteiger partial charge is 0.143 e. The highest BCUT2D eigenvalue weighted by molar-refractivity contribution is 6.25. The highest BCUT2D eigenvalue weighted by Crippen LogP contribution is 2.48. The first-order chi connectivity index (χ1) is 28.8. The molecule has 0 aliphatic carbocycles. The fourth-order valence-electron chi connectivity index (χ4n) is 8.33. The largest absolute Gasteiger partial charge is 0.455 e. The van der Waals surface area contributed by atoms with E-state index in [9.17, 15) is 5.48 Å². The summed E-state index contributed by atoms with van der Waals surface area (Å²) in [5.41, 5.74) is 6.79. The van der Waals surface area contributed by atoms with Crippen molar-refractivity contribution in [3.63, 3.8) is 0 Å². The molecule has 0 aliphatic rings. The lowest BCUT2D eigenvalue weighted by Crippen LogP contribution is -1.92. The Labute approximate surface area is 315 Å². The molecule has 1 heterocycles. The summed E-state index contributed by atoms with van der Waals surface area (Å²) < 4.78 is 63.6. The minimum Gasteiger partial charge on any atom is -0.455 e. The molecule has 1 aromatic heterocycles. The van der Waals surface area contributed by atoms with Crippen LogP contribution in [0.15, 0.2) is 198 Å². The number of rotatable bonds is 4. The molecule has 0 unspecified atom stereocenters. The zero-order valence-electron chi connectivity index (χ0n) is 34.4. The van der Waals surface area contributed by atoms with E-state index >= 15 is 0 Å². The van der Waals surface area contributed by atoms with Crippen LogP contribution in [0.4, 0.5) is 0 Å². The van der Waals surface area contributed by atoms with E-state index in [2.05, 4.69) is 48.5 Å². The summed E-state index contributed by atoms with van der Waals surface area (Å²) >= 11 is 0. The third-order valence-electron chi connectivity index (χ3n) is 10.6. The first-order valence-corrected chi connectivity index (χ1v) is 17.8. The summed E-state index contributed by atoms with van der Waals surface area (Å²) in [7, 11) is 0. The van der Waals surface area contributed by atoms with E-state index in [0.29, 0.717) is 27.9 Å². The number of hydrogen-bond acceptors (Lipinski definition) is 1. The maximum absolute atomic E-state index is 9.93. The van der Waals surface area contributed by atoms with Gasteiger partial charge < -0.3 is 4.42 Å². The summed E-state index contributed by atoms with van der Waals surface area (Å²) in [6.45, 7) is 0. The second-order valence-electron chi connectivity index (χ2n) is 13.5. The van der Waals surface area contributed by atoms with E-state index < -0.39 is 12.1 Å². The SMILES string of the molecule is [2H]c1c([2H])c([2H])c2c(-c3cccc4c3oc3c(-c5cccc6ccccc56)cccc34)c([2H])c([2H])c(-c3c4ccccc4c(-c4ccccc4)c4ccccc34)c2c1[2H]. The molecule has 0 aliphatic heterocycles. The molecule has 0 bridgehead atoms. The maximum atomic E-state index is 9.93. The quantitative estimate of drug-likeness (QED) is 0.169. The van der Waals surface area contributed by atoms with E-state index in [0.717, 1.165) is 65.3 Å². The number of hydrogen-bond donors (Lipinski definition) is 0. The van der Waals surface area contributed by atoms with Gasteiger partial charge in [-0.2, -0.15) is 0 Å². The molecule has 0 atom stereocenters. The van der Waals surface area contributed by atoms with Gasteiger partial charge in [-0.3, -0.25) is 0 Å². The van der Waals surface area contributed by atoms with Gasteiger partial charge in [0.15, 0.2) is 0 Å². The molecule has 0 radical (unpaired) electrons. The first kappa shape index (κ1) is 24.3.